The van der Waals surface area contributed by atoms with Gasteiger partial charge in [-0.3, -0.25) is 9.55 Å². The van der Waals surface area contributed by atoms with E-state index in [0.717, 1.165) is 0 Å². The number of aromatic amines is 1. The van der Waals surface area contributed by atoms with Crippen LogP contribution >= 0.6 is 7.60 Å². The number of H-pyrrole nitrogens is 1. The largest absolute Gasteiger partial charge is 0.394 e. The molecule has 0 saturated carbocycles. The summed E-state index contributed by atoms with van der Waals surface area (Å²) in [5.74, 6) is 0.369. The Morgan fingerprint density at radius 3 is 2.83 bits per heavy atom. The molecule has 1 aromatic heterocycles. The van der Waals surface area contributed by atoms with E-state index in [4.69, 9.17) is 19.6 Å². The number of hydrogen-bond donors (Lipinski definition) is 5. The van der Waals surface area contributed by atoms with E-state index in [2.05, 4.69) is 15.3 Å². The third-order valence-corrected chi connectivity index (χ3v) is 2.36. The van der Waals surface area contributed by atoms with Crippen molar-refractivity contribution >= 4 is 13.4 Å². The molecule has 0 aliphatic rings. The number of nitrogens with zero attached hydrogens (tertiary/aromatic N) is 1. The molecule has 0 fully saturated rings. The highest BCUT2D eigenvalue weighted by Crippen LogP contribution is 2.34. The number of ether oxygens (including phenoxy) is 1. The van der Waals surface area contributed by atoms with Gasteiger partial charge in [0.2, 0.25) is 0 Å². The third kappa shape index (κ3) is 5.89. The van der Waals surface area contributed by atoms with Gasteiger partial charge in [0.05, 0.1) is 12.7 Å². The van der Waals surface area contributed by atoms with Gasteiger partial charge in [-0.15, -0.1) is 0 Å². The molecule has 0 aliphatic carbocycles. The van der Waals surface area contributed by atoms with Gasteiger partial charge >= 0.3 is 13.3 Å². The molecule has 0 spiro atoms. The predicted octanol–water partition coefficient (Wildman–Crippen LogP) is -1.31. The normalized spacial score (nSPS) is 13.3. The minimum atomic E-state index is -4.27. The fraction of sp³-hybridized carbons (Fsp3) is 0.500. The number of rotatable bonds is 7. The Morgan fingerprint density at radius 2 is 2.28 bits per heavy atom. The Kier molecular flexibility index (Phi) is 5.45. The smallest absolute Gasteiger partial charge is 0.350 e. The van der Waals surface area contributed by atoms with E-state index in [1.165, 1.54) is 12.3 Å². The summed E-state index contributed by atoms with van der Waals surface area (Å²) in [5.41, 5.74) is -0.531. The molecule has 0 bridgehead atoms. The van der Waals surface area contributed by atoms with E-state index in [0.29, 0.717) is 5.82 Å². The van der Waals surface area contributed by atoms with Gasteiger partial charge < -0.3 is 24.9 Å². The molecule has 18 heavy (non-hydrogen) atoms. The van der Waals surface area contributed by atoms with Gasteiger partial charge in [0.25, 0.3) is 0 Å². The van der Waals surface area contributed by atoms with Crippen LogP contribution in [0.3, 0.4) is 0 Å². The molecule has 1 heterocycles. The lowest BCUT2D eigenvalue weighted by molar-refractivity contribution is 0.0389. The van der Waals surface area contributed by atoms with Gasteiger partial charge in [-0.25, -0.2) is 9.78 Å². The molecule has 0 aliphatic heterocycles. The molecular formula is C8H14N3O6P. The number of anilines is 1. The Hall–Kier alpha value is -1.25. The third-order valence-electron chi connectivity index (χ3n) is 1.88. The quantitative estimate of drug-likeness (QED) is 0.387. The number of hydrogen-bond acceptors (Lipinski definition) is 6. The molecule has 0 unspecified atom stereocenters. The van der Waals surface area contributed by atoms with Crippen molar-refractivity contribution in [3.8, 4) is 0 Å². The van der Waals surface area contributed by atoms with Crippen molar-refractivity contribution in [1.29, 1.82) is 0 Å². The standard InChI is InChI=1S/C8H14N3O6P/c12-4-6(17-5-18(14,15)16)3-10-7-1-2-9-8(13)11-7/h1-2,6,12H,3-5H2,(H2,14,15,16)(H2,9,10,11,13)/t6-/m0/s1. The van der Waals surface area contributed by atoms with Crippen LogP contribution in [0.5, 0.6) is 0 Å². The van der Waals surface area contributed by atoms with Crippen molar-refractivity contribution in [3.63, 3.8) is 0 Å². The predicted molar refractivity (Wildman–Crippen MR) is 62.2 cm³/mol. The van der Waals surface area contributed by atoms with Gasteiger partial charge in [0.15, 0.2) is 0 Å². The Labute approximate surface area is 102 Å². The first-order valence-electron chi connectivity index (χ1n) is 4.97. The monoisotopic (exact) mass is 279 g/mol. The summed E-state index contributed by atoms with van der Waals surface area (Å²) in [5, 5.41) is 11.7. The number of aliphatic hydroxyl groups is 1. The highest BCUT2D eigenvalue weighted by molar-refractivity contribution is 7.51. The van der Waals surface area contributed by atoms with E-state index in [-0.39, 0.29) is 6.54 Å². The first-order chi connectivity index (χ1) is 8.40. The van der Waals surface area contributed by atoms with Gasteiger partial charge in [-0.1, -0.05) is 0 Å². The van der Waals surface area contributed by atoms with Gasteiger partial charge in [-0.05, 0) is 6.07 Å². The molecule has 5 N–H and O–H groups in total. The fourth-order valence-electron chi connectivity index (χ4n) is 1.07. The van der Waals surface area contributed by atoms with Gasteiger partial charge in [-0.2, -0.15) is 0 Å². The number of aliphatic hydroxyl groups excluding tert-OH is 1. The minimum Gasteiger partial charge on any atom is -0.394 e. The highest BCUT2D eigenvalue weighted by Gasteiger charge is 2.17. The molecule has 1 aromatic rings. The maximum atomic E-state index is 10.9. The van der Waals surface area contributed by atoms with E-state index >= 15 is 0 Å². The van der Waals surface area contributed by atoms with Crippen LogP contribution in [0.4, 0.5) is 5.82 Å². The Morgan fingerprint density at radius 1 is 1.56 bits per heavy atom. The van der Waals surface area contributed by atoms with Crippen molar-refractivity contribution in [3.05, 3.63) is 22.7 Å². The number of nitrogens with one attached hydrogen (secondary N) is 2. The first kappa shape index (κ1) is 14.8. The molecule has 1 atom stereocenters. The molecule has 10 heteroatoms. The van der Waals surface area contributed by atoms with Crippen LogP contribution in [-0.2, 0) is 9.30 Å². The van der Waals surface area contributed by atoms with E-state index < -0.39 is 32.3 Å². The van der Waals surface area contributed by atoms with Crippen LogP contribution in [0.15, 0.2) is 17.1 Å². The van der Waals surface area contributed by atoms with Crippen LogP contribution in [0.25, 0.3) is 0 Å². The van der Waals surface area contributed by atoms with E-state index in [1.54, 1.807) is 0 Å². The SMILES string of the molecule is O=c1nccc(NC[C@@H](CO)OCP(=O)(O)O)[nH]1. The zero-order valence-corrected chi connectivity index (χ0v) is 10.2. The van der Waals surface area contributed by atoms with Crippen molar-refractivity contribution in [2.24, 2.45) is 0 Å². The fourth-order valence-corrected chi connectivity index (χ4v) is 1.48. The van der Waals surface area contributed by atoms with Crippen molar-refractivity contribution in [2.75, 3.05) is 24.8 Å². The molecule has 1 rings (SSSR count). The lowest BCUT2D eigenvalue weighted by Crippen LogP contribution is -2.28. The van der Waals surface area contributed by atoms with Crippen molar-refractivity contribution < 1.29 is 24.2 Å². The van der Waals surface area contributed by atoms with Gasteiger partial charge in [0.1, 0.15) is 12.2 Å². The van der Waals surface area contributed by atoms with Crippen LogP contribution in [-0.4, -0.2) is 50.5 Å². The topological polar surface area (TPSA) is 145 Å². The Bertz CT molecular complexity index is 472. The maximum Gasteiger partial charge on any atom is 0.350 e. The van der Waals surface area contributed by atoms with Crippen molar-refractivity contribution in [2.45, 2.75) is 6.10 Å². The summed E-state index contributed by atoms with van der Waals surface area (Å²) in [7, 11) is -4.27. The van der Waals surface area contributed by atoms with Crippen LogP contribution in [0.1, 0.15) is 0 Å². The van der Waals surface area contributed by atoms with Crippen LogP contribution < -0.4 is 11.0 Å². The van der Waals surface area contributed by atoms with Crippen LogP contribution in [0.2, 0.25) is 0 Å². The molecule has 0 saturated heterocycles. The summed E-state index contributed by atoms with van der Waals surface area (Å²) in [6.07, 6.45) is -0.271. The highest BCUT2D eigenvalue weighted by atomic mass is 31.2. The zero-order valence-electron chi connectivity index (χ0n) is 9.31. The lowest BCUT2D eigenvalue weighted by Gasteiger charge is -2.16. The summed E-state index contributed by atoms with van der Waals surface area (Å²) in [4.78, 5) is 33.9. The minimum absolute atomic E-state index is 0.0798. The molecular weight excluding hydrogens is 265 g/mol. The first-order valence-corrected chi connectivity index (χ1v) is 6.76. The zero-order chi connectivity index (χ0) is 13.6. The average molecular weight is 279 g/mol. The lowest BCUT2D eigenvalue weighted by atomic mass is 10.3. The van der Waals surface area contributed by atoms with E-state index in [1.807, 2.05) is 0 Å². The molecule has 0 radical (unpaired) electrons. The Balaban J connectivity index is 2.44. The second kappa shape index (κ2) is 6.62. The maximum absolute atomic E-state index is 10.9. The molecule has 102 valence electrons. The van der Waals surface area contributed by atoms with Gasteiger partial charge in [0, 0.05) is 12.7 Å². The molecule has 0 aromatic carbocycles. The number of aromatic nitrogens is 2. The summed E-state index contributed by atoms with van der Waals surface area (Å²) < 4.78 is 15.4. The average Bonchev–Trinajstić information content (AvgIpc) is 2.28. The summed E-state index contributed by atoms with van der Waals surface area (Å²) in [6.45, 7) is -0.335. The molecule has 9 nitrogen and oxygen atoms in total. The second-order valence-electron chi connectivity index (χ2n) is 3.43. The summed E-state index contributed by atoms with van der Waals surface area (Å²) in [6, 6.07) is 1.50. The van der Waals surface area contributed by atoms with Crippen molar-refractivity contribution in [1.82, 2.24) is 9.97 Å². The summed E-state index contributed by atoms with van der Waals surface area (Å²) >= 11 is 0. The molecule has 0 amide bonds. The van der Waals surface area contributed by atoms with E-state index in [9.17, 15) is 9.36 Å². The second-order valence-corrected chi connectivity index (χ2v) is 5.02. The van der Waals surface area contributed by atoms with Crippen LogP contribution in [0, 0.1) is 0 Å².